The minimum absolute atomic E-state index is 0.188. The van der Waals surface area contributed by atoms with Crippen molar-refractivity contribution in [2.24, 2.45) is 0 Å². The largest absolute Gasteiger partial charge is 0.309 e. The third kappa shape index (κ3) is 4.66. The molecule has 0 aliphatic carbocycles. The molecule has 0 heterocycles. The highest BCUT2D eigenvalue weighted by Gasteiger charge is 2.19. The summed E-state index contributed by atoms with van der Waals surface area (Å²) in [5.74, 6) is -0.188. The molecule has 0 bridgehead atoms. The van der Waals surface area contributed by atoms with Gasteiger partial charge in [-0.1, -0.05) is 36.4 Å². The lowest BCUT2D eigenvalue weighted by Gasteiger charge is -2.21. The lowest BCUT2D eigenvalue weighted by atomic mass is 10.1. The fourth-order valence-electron chi connectivity index (χ4n) is 3.13. The summed E-state index contributed by atoms with van der Waals surface area (Å²) in [5.41, 5.74) is 3.08. The zero-order chi connectivity index (χ0) is 21.0. The molecule has 0 radical (unpaired) electrons. The monoisotopic (exact) mass is 408 g/mol. The molecule has 3 aromatic carbocycles. The molecule has 3 aromatic rings. The number of nitrogens with one attached hydrogen (secondary N) is 1. The van der Waals surface area contributed by atoms with Crippen LogP contribution in [0.3, 0.4) is 0 Å². The predicted octanol–water partition coefficient (Wildman–Crippen LogP) is 4.77. The number of hydrogen-bond donors (Lipinski definition) is 1. The topological polar surface area (TPSA) is 66.5 Å². The van der Waals surface area contributed by atoms with Crippen LogP contribution in [-0.2, 0) is 10.0 Å². The lowest BCUT2D eigenvalue weighted by molar-refractivity contribution is 0.0988. The van der Waals surface area contributed by atoms with Crippen LogP contribution < -0.4 is 9.62 Å². The maximum atomic E-state index is 13.0. The second kappa shape index (κ2) is 8.49. The van der Waals surface area contributed by atoms with Crippen LogP contribution in [0.4, 0.5) is 11.4 Å². The van der Waals surface area contributed by atoms with Gasteiger partial charge in [0, 0.05) is 23.5 Å². The number of rotatable bonds is 6. The molecule has 0 saturated heterocycles. The van der Waals surface area contributed by atoms with E-state index in [1.165, 1.54) is 0 Å². The van der Waals surface area contributed by atoms with Gasteiger partial charge in [-0.3, -0.25) is 9.52 Å². The fraction of sp³-hybridized carbons (Fsp3) is 0.174. The zero-order valence-electron chi connectivity index (χ0n) is 16.7. The van der Waals surface area contributed by atoms with Gasteiger partial charge in [-0.05, 0) is 68.3 Å². The number of nitrogens with zero attached hydrogens (tertiary/aromatic N) is 1. The lowest BCUT2D eigenvalue weighted by Crippen LogP contribution is -2.30. The Balaban J connectivity index is 1.89. The van der Waals surface area contributed by atoms with Crippen LogP contribution in [0.25, 0.3) is 0 Å². The molecular weight excluding hydrogens is 384 g/mol. The van der Waals surface area contributed by atoms with Crippen molar-refractivity contribution in [3.8, 4) is 0 Å². The SMILES string of the molecule is CCN(C(=O)c1cccc(NS(=O)(=O)c2cc(C)ccc2C)c1)c1ccccc1. The Bertz CT molecular complexity index is 1130. The molecule has 0 aromatic heterocycles. The Labute approximate surface area is 172 Å². The number of para-hydroxylation sites is 1. The summed E-state index contributed by atoms with van der Waals surface area (Å²) < 4.78 is 28.3. The summed E-state index contributed by atoms with van der Waals surface area (Å²) in [7, 11) is -3.76. The first-order valence-electron chi connectivity index (χ1n) is 9.39. The van der Waals surface area contributed by atoms with Gasteiger partial charge < -0.3 is 4.90 Å². The van der Waals surface area contributed by atoms with Crippen molar-refractivity contribution in [1.29, 1.82) is 0 Å². The van der Waals surface area contributed by atoms with Crippen molar-refractivity contribution in [3.63, 3.8) is 0 Å². The maximum absolute atomic E-state index is 13.0. The summed E-state index contributed by atoms with van der Waals surface area (Å²) in [5, 5.41) is 0. The molecule has 0 fully saturated rings. The van der Waals surface area contributed by atoms with Crippen LogP contribution in [0.15, 0.2) is 77.7 Å². The average Bonchev–Trinajstić information content (AvgIpc) is 2.71. The van der Waals surface area contributed by atoms with Gasteiger partial charge in [0.15, 0.2) is 0 Å². The highest BCUT2D eigenvalue weighted by molar-refractivity contribution is 7.92. The van der Waals surface area contributed by atoms with Gasteiger partial charge in [-0.15, -0.1) is 0 Å². The third-order valence-electron chi connectivity index (χ3n) is 4.62. The molecule has 6 heteroatoms. The number of sulfonamides is 1. The van der Waals surface area contributed by atoms with Crippen LogP contribution in [-0.4, -0.2) is 20.9 Å². The number of amides is 1. The van der Waals surface area contributed by atoms with E-state index in [9.17, 15) is 13.2 Å². The van der Waals surface area contributed by atoms with Crippen LogP contribution in [0, 0.1) is 13.8 Å². The Hall–Kier alpha value is -3.12. The first-order chi connectivity index (χ1) is 13.8. The summed E-state index contributed by atoms with van der Waals surface area (Å²) >= 11 is 0. The summed E-state index contributed by atoms with van der Waals surface area (Å²) in [6.45, 7) is 6.01. The van der Waals surface area contributed by atoms with Crippen LogP contribution in [0.1, 0.15) is 28.4 Å². The van der Waals surface area contributed by atoms with E-state index in [-0.39, 0.29) is 10.8 Å². The van der Waals surface area contributed by atoms with Crippen LogP contribution >= 0.6 is 0 Å². The van der Waals surface area contributed by atoms with E-state index in [1.54, 1.807) is 48.2 Å². The van der Waals surface area contributed by atoms with E-state index in [2.05, 4.69) is 4.72 Å². The maximum Gasteiger partial charge on any atom is 0.262 e. The Morgan fingerprint density at radius 1 is 0.931 bits per heavy atom. The molecule has 0 atom stereocenters. The van der Waals surface area contributed by atoms with Crippen LogP contribution in [0.2, 0.25) is 0 Å². The predicted molar refractivity (Wildman–Crippen MR) is 117 cm³/mol. The molecular formula is C23H24N2O3S. The first kappa shape index (κ1) is 20.6. The molecule has 1 amide bonds. The van der Waals surface area contributed by atoms with E-state index >= 15 is 0 Å². The molecule has 29 heavy (non-hydrogen) atoms. The molecule has 5 nitrogen and oxygen atoms in total. The van der Waals surface area contributed by atoms with E-state index in [0.717, 1.165) is 11.3 Å². The van der Waals surface area contributed by atoms with E-state index in [4.69, 9.17) is 0 Å². The fourth-order valence-corrected chi connectivity index (χ4v) is 4.51. The second-order valence-electron chi connectivity index (χ2n) is 6.84. The molecule has 0 unspecified atom stereocenters. The minimum Gasteiger partial charge on any atom is -0.309 e. The number of carbonyl (C=O) groups excluding carboxylic acids is 1. The number of aryl methyl sites for hydroxylation is 2. The summed E-state index contributed by atoms with van der Waals surface area (Å²) in [4.78, 5) is 14.9. The third-order valence-corrected chi connectivity index (χ3v) is 6.15. The molecule has 150 valence electrons. The average molecular weight is 409 g/mol. The summed E-state index contributed by atoms with van der Waals surface area (Å²) in [6.07, 6.45) is 0. The van der Waals surface area contributed by atoms with Gasteiger partial charge in [0.1, 0.15) is 0 Å². The highest BCUT2D eigenvalue weighted by atomic mass is 32.2. The van der Waals surface area contributed by atoms with E-state index in [0.29, 0.717) is 23.4 Å². The van der Waals surface area contributed by atoms with Gasteiger partial charge in [-0.2, -0.15) is 0 Å². The molecule has 0 aliphatic heterocycles. The Kier molecular flexibility index (Phi) is 6.03. The molecule has 1 N–H and O–H groups in total. The van der Waals surface area contributed by atoms with Crippen molar-refractivity contribution in [3.05, 3.63) is 89.5 Å². The molecule has 0 aliphatic rings. The van der Waals surface area contributed by atoms with Gasteiger partial charge in [0.2, 0.25) is 0 Å². The van der Waals surface area contributed by atoms with Crippen molar-refractivity contribution in [2.75, 3.05) is 16.2 Å². The van der Waals surface area contributed by atoms with Gasteiger partial charge >= 0.3 is 0 Å². The highest BCUT2D eigenvalue weighted by Crippen LogP contribution is 2.23. The molecule has 0 saturated carbocycles. The second-order valence-corrected chi connectivity index (χ2v) is 8.49. The molecule has 3 rings (SSSR count). The normalized spacial score (nSPS) is 11.1. The van der Waals surface area contributed by atoms with Crippen molar-refractivity contribution >= 4 is 27.3 Å². The number of anilines is 2. The van der Waals surface area contributed by atoms with Crippen molar-refractivity contribution in [1.82, 2.24) is 0 Å². The Morgan fingerprint density at radius 3 is 2.34 bits per heavy atom. The number of hydrogen-bond acceptors (Lipinski definition) is 3. The number of benzene rings is 3. The smallest absolute Gasteiger partial charge is 0.262 e. The minimum atomic E-state index is -3.76. The standard InChI is InChI=1S/C23H24N2O3S/c1-4-25(21-11-6-5-7-12-21)23(26)19-9-8-10-20(16-19)24-29(27,28)22-15-17(2)13-14-18(22)3/h5-16,24H,4H2,1-3H3. The van der Waals surface area contributed by atoms with Gasteiger partial charge in [0.05, 0.1) is 4.90 Å². The molecule has 0 spiro atoms. The van der Waals surface area contributed by atoms with Crippen molar-refractivity contribution < 1.29 is 13.2 Å². The van der Waals surface area contributed by atoms with Gasteiger partial charge in [-0.25, -0.2) is 8.42 Å². The van der Waals surface area contributed by atoms with Crippen molar-refractivity contribution in [2.45, 2.75) is 25.7 Å². The summed E-state index contributed by atoms with van der Waals surface area (Å²) in [6, 6.07) is 21.2. The Morgan fingerprint density at radius 2 is 1.66 bits per heavy atom. The zero-order valence-corrected chi connectivity index (χ0v) is 17.5. The van der Waals surface area contributed by atoms with E-state index in [1.807, 2.05) is 50.2 Å². The number of carbonyl (C=O) groups is 1. The quantitative estimate of drug-likeness (QED) is 0.639. The van der Waals surface area contributed by atoms with Crippen LogP contribution in [0.5, 0.6) is 0 Å². The van der Waals surface area contributed by atoms with Gasteiger partial charge in [0.25, 0.3) is 15.9 Å². The van der Waals surface area contributed by atoms with E-state index < -0.39 is 10.0 Å². The first-order valence-corrected chi connectivity index (χ1v) is 10.9.